The van der Waals surface area contributed by atoms with Gasteiger partial charge >= 0.3 is 0 Å². The van der Waals surface area contributed by atoms with E-state index in [1.807, 2.05) is 0 Å². The Morgan fingerprint density at radius 3 is 1.80 bits per heavy atom. The summed E-state index contributed by atoms with van der Waals surface area (Å²) in [6, 6.07) is 0. The van der Waals surface area contributed by atoms with Gasteiger partial charge in [-0.05, 0) is 16.2 Å². The fraction of sp³-hybridized carbons (Fsp3) is 1.00. The molecule has 0 aromatic carbocycles. The van der Waals surface area contributed by atoms with Crippen LogP contribution < -0.4 is 0 Å². The van der Waals surface area contributed by atoms with Crippen molar-refractivity contribution in [2.45, 2.75) is 41.7 Å². The Morgan fingerprint density at radius 2 is 1.70 bits per heavy atom. The summed E-state index contributed by atoms with van der Waals surface area (Å²) < 4.78 is 0.625. The molecule has 0 aromatic heterocycles. The van der Waals surface area contributed by atoms with Crippen LogP contribution in [0.5, 0.6) is 0 Å². The third-order valence-corrected chi connectivity index (χ3v) is 2.09. The van der Waals surface area contributed by atoms with Crippen molar-refractivity contribution < 1.29 is 0 Å². The molecule has 0 amide bonds. The lowest BCUT2D eigenvalue weighted by atomic mass is 9.83. The second-order valence-electron chi connectivity index (χ2n) is 4.03. The van der Waals surface area contributed by atoms with E-state index in [0.29, 0.717) is 3.32 Å². The molecule has 0 radical (unpaired) electrons. The average Bonchev–Trinajstić information content (AvgIpc) is 1.57. The summed E-state index contributed by atoms with van der Waals surface area (Å²) >= 11 is 6.95. The average molecular weight is 270 g/mol. The van der Waals surface area contributed by atoms with Crippen LogP contribution in [0.4, 0.5) is 0 Å². The molecule has 0 bridgehead atoms. The van der Waals surface area contributed by atoms with Crippen LogP contribution in [-0.4, -0.2) is 15.9 Å². The van der Waals surface area contributed by atoms with Crippen LogP contribution in [0.2, 0.25) is 0 Å². The van der Waals surface area contributed by atoms with E-state index < -0.39 is 0 Å². The van der Waals surface area contributed by atoms with Gasteiger partial charge < -0.3 is 0 Å². The fourth-order valence-corrected chi connectivity index (χ4v) is 0.985. The van der Waals surface area contributed by atoms with E-state index in [9.17, 15) is 0 Å². The van der Waals surface area contributed by atoms with Gasteiger partial charge in [0.15, 0.2) is 0 Å². The maximum Gasteiger partial charge on any atom is 0.121 e. The fourth-order valence-electron chi connectivity index (χ4n) is 0.603. The lowest BCUT2D eigenvalue weighted by molar-refractivity contribution is 0.594. The smallest absolute Gasteiger partial charge is 0.121 e. The van der Waals surface area contributed by atoms with Gasteiger partial charge in [0.05, 0.1) is 0 Å². The molecule has 0 N–H and O–H groups in total. The zero-order chi connectivity index (χ0) is 8.41. The summed E-state index contributed by atoms with van der Waals surface area (Å²) in [5, 5.41) is 0. The Balaban J connectivity index is 3.56. The zero-order valence-electron chi connectivity index (χ0n) is 7.24. The van der Waals surface area contributed by atoms with E-state index in [-0.39, 0.29) is 4.75 Å². The molecular formula is C7H16BIS. The highest BCUT2D eigenvalue weighted by molar-refractivity contribution is 14.1. The number of hydrogen-bond donors (Lipinski definition) is 1. The summed E-state index contributed by atoms with van der Waals surface area (Å²) in [6.45, 7) is 6.59. The molecule has 0 rings (SSSR count). The quantitative estimate of drug-likeness (QED) is 0.346. The molecule has 0 saturated carbocycles. The van der Waals surface area contributed by atoms with Gasteiger partial charge in [-0.25, -0.2) is 0 Å². The lowest BCUT2D eigenvalue weighted by Gasteiger charge is -2.23. The van der Waals surface area contributed by atoms with Crippen molar-refractivity contribution in [1.82, 2.24) is 0 Å². The van der Waals surface area contributed by atoms with Crippen molar-refractivity contribution in [1.29, 1.82) is 0 Å². The van der Waals surface area contributed by atoms with Crippen molar-refractivity contribution in [3.63, 3.8) is 0 Å². The summed E-state index contributed by atoms with van der Waals surface area (Å²) in [5.74, 6) is 0. The second kappa shape index (κ2) is 3.70. The molecule has 0 saturated heterocycles. The standard InChI is InChI=1S/C7H16BIS/c1-6(2,10)4-5-7(3,8)9/h10H,4-5,8H2,1-3H3. The summed E-state index contributed by atoms with van der Waals surface area (Å²) in [4.78, 5) is 0. The van der Waals surface area contributed by atoms with Gasteiger partial charge in [0.25, 0.3) is 0 Å². The maximum absolute atomic E-state index is 4.46. The highest BCUT2D eigenvalue weighted by atomic mass is 127. The first-order valence-electron chi connectivity index (χ1n) is 3.62. The molecule has 0 aliphatic carbocycles. The molecule has 0 aliphatic heterocycles. The summed E-state index contributed by atoms with van der Waals surface area (Å²) in [7, 11) is 2.26. The molecular weight excluding hydrogens is 254 g/mol. The Labute approximate surface area is 84.5 Å². The van der Waals surface area contributed by atoms with Gasteiger partial charge in [0.1, 0.15) is 7.85 Å². The van der Waals surface area contributed by atoms with Gasteiger partial charge in [-0.2, -0.15) is 12.6 Å². The Bertz CT molecular complexity index is 87.2. The molecule has 10 heavy (non-hydrogen) atoms. The second-order valence-corrected chi connectivity index (χ2v) is 8.16. The minimum atomic E-state index is 0.197. The maximum atomic E-state index is 4.46. The van der Waals surface area contributed by atoms with Crippen molar-refractivity contribution >= 4 is 43.1 Å². The molecule has 1 unspecified atom stereocenters. The Kier molecular flexibility index (Phi) is 4.12. The third-order valence-electron chi connectivity index (χ3n) is 1.33. The van der Waals surface area contributed by atoms with Gasteiger partial charge in [0, 0.05) is 4.75 Å². The van der Waals surface area contributed by atoms with Crippen molar-refractivity contribution in [3.05, 3.63) is 0 Å². The first kappa shape index (κ1) is 11.1. The molecule has 0 spiro atoms. The highest BCUT2D eigenvalue weighted by Crippen LogP contribution is 2.27. The minimum Gasteiger partial charge on any atom is -0.173 e. The van der Waals surface area contributed by atoms with Gasteiger partial charge in [-0.3, -0.25) is 0 Å². The zero-order valence-corrected chi connectivity index (χ0v) is 10.3. The van der Waals surface area contributed by atoms with E-state index in [1.54, 1.807) is 0 Å². The summed E-state index contributed by atoms with van der Waals surface area (Å²) in [5.41, 5.74) is 0. The Morgan fingerprint density at radius 1 is 1.30 bits per heavy atom. The molecule has 0 aliphatic rings. The van der Waals surface area contributed by atoms with E-state index in [2.05, 4.69) is 63.8 Å². The number of alkyl halides is 1. The van der Waals surface area contributed by atoms with Crippen molar-refractivity contribution in [2.24, 2.45) is 0 Å². The SMILES string of the molecule is BC(C)(I)CCC(C)(C)S. The summed E-state index contributed by atoms with van der Waals surface area (Å²) in [6.07, 6.45) is 2.43. The number of thiol groups is 1. The first-order chi connectivity index (χ1) is 4.21. The van der Waals surface area contributed by atoms with Crippen molar-refractivity contribution in [3.8, 4) is 0 Å². The Hall–Kier alpha value is 1.14. The van der Waals surface area contributed by atoms with Gasteiger partial charge in [0.2, 0.25) is 0 Å². The molecule has 0 aromatic rings. The molecule has 0 nitrogen and oxygen atoms in total. The molecule has 0 heterocycles. The molecule has 1 atom stereocenters. The third kappa shape index (κ3) is 9.14. The van der Waals surface area contributed by atoms with E-state index >= 15 is 0 Å². The van der Waals surface area contributed by atoms with Crippen LogP contribution in [0.1, 0.15) is 33.6 Å². The lowest BCUT2D eigenvalue weighted by Crippen LogP contribution is -2.20. The highest BCUT2D eigenvalue weighted by Gasteiger charge is 2.18. The van der Waals surface area contributed by atoms with E-state index in [4.69, 9.17) is 0 Å². The number of halogens is 1. The monoisotopic (exact) mass is 270 g/mol. The van der Waals surface area contributed by atoms with E-state index in [1.165, 1.54) is 12.8 Å². The first-order valence-corrected chi connectivity index (χ1v) is 5.15. The topological polar surface area (TPSA) is 0 Å². The molecule has 60 valence electrons. The van der Waals surface area contributed by atoms with Crippen LogP contribution >= 0.6 is 35.2 Å². The molecule has 3 heteroatoms. The predicted octanol–water partition coefficient (Wildman–Crippen LogP) is 2.26. The normalized spacial score (nSPS) is 18.5. The van der Waals surface area contributed by atoms with Crippen LogP contribution in [0.25, 0.3) is 0 Å². The van der Waals surface area contributed by atoms with Crippen LogP contribution in [0.3, 0.4) is 0 Å². The number of hydrogen-bond acceptors (Lipinski definition) is 1. The van der Waals surface area contributed by atoms with E-state index in [0.717, 1.165) is 0 Å². The van der Waals surface area contributed by atoms with Crippen LogP contribution in [0, 0.1) is 0 Å². The van der Waals surface area contributed by atoms with Gasteiger partial charge in [-0.15, -0.1) is 0 Å². The number of rotatable bonds is 3. The minimum absolute atomic E-state index is 0.197. The van der Waals surface area contributed by atoms with Crippen LogP contribution in [0.15, 0.2) is 0 Å². The largest absolute Gasteiger partial charge is 0.173 e. The predicted molar refractivity (Wildman–Crippen MR) is 63.3 cm³/mol. The molecule has 0 fully saturated rings. The van der Waals surface area contributed by atoms with Crippen LogP contribution in [-0.2, 0) is 0 Å². The van der Waals surface area contributed by atoms with Gasteiger partial charge in [-0.1, -0.05) is 43.4 Å². The van der Waals surface area contributed by atoms with Crippen molar-refractivity contribution in [2.75, 3.05) is 0 Å².